The minimum absolute atomic E-state index is 0.100. The van der Waals surface area contributed by atoms with E-state index in [1.54, 1.807) is 12.3 Å². The number of amides is 3. The van der Waals surface area contributed by atoms with Crippen LogP contribution in [0.1, 0.15) is 32.4 Å². The molecule has 126 valence electrons. The highest BCUT2D eigenvalue weighted by molar-refractivity contribution is 7.13. The number of hydrazine groups is 1. The second kappa shape index (κ2) is 9.51. The molecule has 0 bridgehead atoms. The Morgan fingerprint density at radius 2 is 1.91 bits per heavy atom. The second-order valence-electron chi connectivity index (χ2n) is 4.40. The average molecular weight is 342 g/mol. The molecule has 0 saturated heterocycles. The van der Waals surface area contributed by atoms with Gasteiger partial charge in [-0.25, -0.2) is 4.98 Å². The quantitative estimate of drug-likeness (QED) is 0.367. The van der Waals surface area contributed by atoms with Gasteiger partial charge in [0.05, 0.1) is 12.3 Å². The second-order valence-corrected chi connectivity index (χ2v) is 5.26. The normalized spacial score (nSPS) is 9.83. The smallest absolute Gasteiger partial charge is 0.315 e. The Balaban J connectivity index is 2.26. The van der Waals surface area contributed by atoms with Crippen LogP contribution in [-0.4, -0.2) is 35.3 Å². The SMILES string of the molecule is CCOC(=O)CC(=O)NNC(=O)CCc1csc(NC(C)=O)n1. The Bertz CT molecular complexity index is 587. The third-order valence-corrected chi connectivity index (χ3v) is 3.20. The van der Waals surface area contributed by atoms with E-state index in [9.17, 15) is 19.2 Å². The van der Waals surface area contributed by atoms with Crippen LogP contribution in [-0.2, 0) is 30.3 Å². The number of carbonyl (C=O) groups is 4. The molecule has 10 heteroatoms. The number of rotatable bonds is 7. The van der Waals surface area contributed by atoms with E-state index in [4.69, 9.17) is 0 Å². The lowest BCUT2D eigenvalue weighted by molar-refractivity contribution is -0.146. The lowest BCUT2D eigenvalue weighted by atomic mass is 10.2. The zero-order valence-corrected chi connectivity index (χ0v) is 13.6. The van der Waals surface area contributed by atoms with Crippen molar-refractivity contribution in [3.63, 3.8) is 0 Å². The standard InChI is InChI=1S/C13H18N4O5S/c1-3-22-12(21)6-11(20)17-16-10(19)5-4-9-7-23-13(15-9)14-8(2)18/h7H,3-6H2,1-2H3,(H,16,19)(H,17,20)(H,14,15,18). The molecule has 0 unspecified atom stereocenters. The van der Waals surface area contributed by atoms with Crippen LogP contribution in [0.4, 0.5) is 5.13 Å². The van der Waals surface area contributed by atoms with Gasteiger partial charge >= 0.3 is 5.97 Å². The molecule has 1 aromatic rings. The van der Waals surface area contributed by atoms with Crippen molar-refractivity contribution in [3.8, 4) is 0 Å². The molecule has 9 nitrogen and oxygen atoms in total. The zero-order valence-electron chi connectivity index (χ0n) is 12.8. The average Bonchev–Trinajstić information content (AvgIpc) is 2.89. The Morgan fingerprint density at radius 3 is 2.57 bits per heavy atom. The van der Waals surface area contributed by atoms with Crippen molar-refractivity contribution in [3.05, 3.63) is 11.1 Å². The first-order chi connectivity index (χ1) is 10.9. The number of esters is 1. The molecule has 3 N–H and O–H groups in total. The van der Waals surface area contributed by atoms with Crippen LogP contribution in [0.15, 0.2) is 5.38 Å². The molecule has 0 saturated carbocycles. The van der Waals surface area contributed by atoms with Crippen molar-refractivity contribution in [1.82, 2.24) is 15.8 Å². The summed E-state index contributed by atoms with van der Waals surface area (Å²) in [6.07, 6.45) is -0.00111. The first-order valence-electron chi connectivity index (χ1n) is 6.86. The maximum Gasteiger partial charge on any atom is 0.315 e. The highest BCUT2D eigenvalue weighted by atomic mass is 32.1. The molecule has 1 aromatic heterocycles. The van der Waals surface area contributed by atoms with E-state index in [1.807, 2.05) is 0 Å². The van der Waals surface area contributed by atoms with Gasteiger partial charge in [-0.2, -0.15) is 0 Å². The first-order valence-corrected chi connectivity index (χ1v) is 7.74. The number of thiazole rings is 1. The Morgan fingerprint density at radius 1 is 1.22 bits per heavy atom. The molecule has 3 amide bonds. The summed E-state index contributed by atoms with van der Waals surface area (Å²) in [5.41, 5.74) is 4.98. The molecular formula is C13H18N4O5S. The summed E-state index contributed by atoms with van der Waals surface area (Å²) >= 11 is 1.26. The number of aromatic nitrogens is 1. The minimum Gasteiger partial charge on any atom is -0.466 e. The number of hydrogen-bond acceptors (Lipinski definition) is 7. The molecule has 0 spiro atoms. The van der Waals surface area contributed by atoms with Crippen LogP contribution in [0.3, 0.4) is 0 Å². The van der Waals surface area contributed by atoms with E-state index in [1.165, 1.54) is 18.3 Å². The number of anilines is 1. The topological polar surface area (TPSA) is 126 Å². The third-order valence-electron chi connectivity index (χ3n) is 2.39. The molecule has 1 heterocycles. The fourth-order valence-corrected chi connectivity index (χ4v) is 2.25. The number of aryl methyl sites for hydroxylation is 1. The number of nitrogens with zero attached hydrogens (tertiary/aromatic N) is 1. The summed E-state index contributed by atoms with van der Waals surface area (Å²) in [4.78, 5) is 49.0. The zero-order chi connectivity index (χ0) is 17.2. The van der Waals surface area contributed by atoms with Gasteiger partial charge in [-0.15, -0.1) is 11.3 Å². The lowest BCUT2D eigenvalue weighted by Gasteiger charge is -2.06. The Hall–Kier alpha value is -2.49. The molecule has 0 radical (unpaired) electrons. The summed E-state index contributed by atoms with van der Waals surface area (Å²) in [6.45, 7) is 3.20. The maximum atomic E-state index is 11.6. The lowest BCUT2D eigenvalue weighted by Crippen LogP contribution is -2.42. The number of nitrogens with one attached hydrogen (secondary N) is 3. The van der Waals surface area contributed by atoms with Gasteiger partial charge in [0.25, 0.3) is 0 Å². The van der Waals surface area contributed by atoms with Gasteiger partial charge in [-0.1, -0.05) is 0 Å². The van der Waals surface area contributed by atoms with Gasteiger partial charge in [-0.05, 0) is 13.3 Å². The van der Waals surface area contributed by atoms with Crippen molar-refractivity contribution in [1.29, 1.82) is 0 Å². The molecule has 0 aliphatic rings. The van der Waals surface area contributed by atoms with Crippen LogP contribution in [0, 0.1) is 0 Å². The number of hydrogen-bond donors (Lipinski definition) is 3. The molecule has 1 rings (SSSR count). The van der Waals surface area contributed by atoms with E-state index in [-0.39, 0.29) is 18.9 Å². The van der Waals surface area contributed by atoms with Gasteiger partial charge in [0, 0.05) is 18.7 Å². The largest absolute Gasteiger partial charge is 0.466 e. The van der Waals surface area contributed by atoms with E-state index in [0.717, 1.165) is 0 Å². The third kappa shape index (κ3) is 7.90. The first kappa shape index (κ1) is 18.6. The van der Waals surface area contributed by atoms with Crippen LogP contribution in [0.25, 0.3) is 0 Å². The number of ether oxygens (including phenoxy) is 1. The van der Waals surface area contributed by atoms with Gasteiger partial charge in [-0.3, -0.25) is 30.0 Å². The summed E-state index contributed by atoms with van der Waals surface area (Å²) in [5, 5.41) is 4.75. The molecule has 0 atom stereocenters. The van der Waals surface area contributed by atoms with E-state index in [2.05, 4.69) is 25.9 Å². The Labute approximate surface area is 136 Å². The van der Waals surface area contributed by atoms with Crippen LogP contribution >= 0.6 is 11.3 Å². The van der Waals surface area contributed by atoms with Gasteiger partial charge in [0.15, 0.2) is 5.13 Å². The summed E-state index contributed by atoms with van der Waals surface area (Å²) in [6, 6.07) is 0. The van der Waals surface area contributed by atoms with Crippen LogP contribution in [0.2, 0.25) is 0 Å². The summed E-state index contributed by atoms with van der Waals surface area (Å²) in [7, 11) is 0. The fraction of sp³-hybridized carbons (Fsp3) is 0.462. The molecule has 23 heavy (non-hydrogen) atoms. The highest BCUT2D eigenvalue weighted by Gasteiger charge is 2.11. The number of carbonyl (C=O) groups excluding carboxylic acids is 4. The van der Waals surface area contributed by atoms with Gasteiger partial charge < -0.3 is 10.1 Å². The van der Waals surface area contributed by atoms with Gasteiger partial charge in [0.1, 0.15) is 6.42 Å². The van der Waals surface area contributed by atoms with Crippen molar-refractivity contribution in [2.75, 3.05) is 11.9 Å². The van der Waals surface area contributed by atoms with E-state index >= 15 is 0 Å². The monoisotopic (exact) mass is 342 g/mol. The van der Waals surface area contributed by atoms with E-state index in [0.29, 0.717) is 17.2 Å². The predicted octanol–water partition coefficient (Wildman–Crippen LogP) is 0.135. The summed E-state index contributed by atoms with van der Waals surface area (Å²) < 4.78 is 4.60. The molecular weight excluding hydrogens is 324 g/mol. The maximum absolute atomic E-state index is 11.6. The van der Waals surface area contributed by atoms with Crippen LogP contribution in [0.5, 0.6) is 0 Å². The van der Waals surface area contributed by atoms with Crippen molar-refractivity contribution >= 4 is 40.2 Å². The minimum atomic E-state index is -0.660. The predicted molar refractivity (Wildman–Crippen MR) is 82.3 cm³/mol. The van der Waals surface area contributed by atoms with Crippen molar-refractivity contribution < 1.29 is 23.9 Å². The molecule has 0 aliphatic carbocycles. The van der Waals surface area contributed by atoms with Crippen molar-refractivity contribution in [2.24, 2.45) is 0 Å². The molecule has 0 fully saturated rings. The Kier molecular flexibility index (Phi) is 7.67. The van der Waals surface area contributed by atoms with Crippen molar-refractivity contribution in [2.45, 2.75) is 33.1 Å². The molecule has 0 aliphatic heterocycles. The van der Waals surface area contributed by atoms with Crippen LogP contribution < -0.4 is 16.2 Å². The fourth-order valence-electron chi connectivity index (χ4n) is 1.46. The summed E-state index contributed by atoms with van der Waals surface area (Å²) in [5.74, 6) is -1.95. The van der Waals surface area contributed by atoms with E-state index < -0.39 is 24.2 Å². The highest BCUT2D eigenvalue weighted by Crippen LogP contribution is 2.16. The molecule has 0 aromatic carbocycles. The van der Waals surface area contributed by atoms with Gasteiger partial charge in [0.2, 0.25) is 17.7 Å².